The number of nitro benzene ring substituents is 1. The molecule has 0 aliphatic carbocycles. The van der Waals surface area contributed by atoms with Crippen LogP contribution in [0.4, 0.5) is 5.69 Å². The van der Waals surface area contributed by atoms with Gasteiger partial charge in [0, 0.05) is 17.8 Å². The molecule has 0 atom stereocenters. The Morgan fingerprint density at radius 3 is 2.33 bits per heavy atom. The summed E-state index contributed by atoms with van der Waals surface area (Å²) in [5.74, 6) is 0.0517. The summed E-state index contributed by atoms with van der Waals surface area (Å²) in [6, 6.07) is 10.2. The fourth-order valence-corrected chi connectivity index (χ4v) is 2.84. The second-order valence-corrected chi connectivity index (χ2v) is 6.19. The highest BCUT2D eigenvalue weighted by Gasteiger charge is 2.21. The van der Waals surface area contributed by atoms with Crippen LogP contribution in [-0.2, 0) is 10.0 Å². The molecule has 0 unspecified atom stereocenters. The molecule has 0 radical (unpaired) electrons. The zero-order valence-electron chi connectivity index (χ0n) is 12.9. The van der Waals surface area contributed by atoms with Crippen molar-refractivity contribution in [2.75, 3.05) is 14.2 Å². The molecule has 126 valence electrons. The molecule has 0 aromatic heterocycles. The van der Waals surface area contributed by atoms with E-state index in [9.17, 15) is 18.5 Å². The molecule has 0 amide bonds. The van der Waals surface area contributed by atoms with Gasteiger partial charge in [0.15, 0.2) is 5.75 Å². The van der Waals surface area contributed by atoms with E-state index in [1.54, 1.807) is 18.2 Å². The summed E-state index contributed by atoms with van der Waals surface area (Å²) in [6.07, 6.45) is 1.03. The zero-order chi connectivity index (χ0) is 17.7. The van der Waals surface area contributed by atoms with Crippen LogP contribution < -0.4 is 9.47 Å². The highest BCUT2D eigenvalue weighted by molar-refractivity contribution is 7.90. The van der Waals surface area contributed by atoms with Crippen molar-refractivity contribution in [2.45, 2.75) is 4.90 Å². The molecule has 2 rings (SSSR count). The third-order valence-electron chi connectivity index (χ3n) is 3.06. The molecule has 0 fully saturated rings. The molecule has 0 N–H and O–H groups in total. The summed E-state index contributed by atoms with van der Waals surface area (Å²) < 4.78 is 37.8. The Morgan fingerprint density at radius 2 is 1.79 bits per heavy atom. The number of ether oxygens (including phenoxy) is 2. The van der Waals surface area contributed by atoms with Gasteiger partial charge in [-0.2, -0.15) is 12.8 Å². The summed E-state index contributed by atoms with van der Waals surface area (Å²) in [5.41, 5.74) is -0.158. The van der Waals surface area contributed by atoms with Crippen LogP contribution in [0.15, 0.2) is 51.8 Å². The fraction of sp³-hybridized carbons (Fsp3) is 0.133. The Morgan fingerprint density at radius 1 is 1.12 bits per heavy atom. The molecular formula is C15H14N2O6S. The molecule has 9 heteroatoms. The Labute approximate surface area is 138 Å². The molecule has 8 nitrogen and oxygen atoms in total. The van der Waals surface area contributed by atoms with Crippen LogP contribution in [0.1, 0.15) is 5.56 Å². The first-order valence-electron chi connectivity index (χ1n) is 6.65. The van der Waals surface area contributed by atoms with Gasteiger partial charge < -0.3 is 9.47 Å². The lowest BCUT2D eigenvalue weighted by molar-refractivity contribution is -0.385. The van der Waals surface area contributed by atoms with Crippen molar-refractivity contribution in [1.82, 2.24) is 0 Å². The number of sulfonamides is 1. The van der Waals surface area contributed by atoms with E-state index in [0.29, 0.717) is 0 Å². The van der Waals surface area contributed by atoms with Crippen LogP contribution in [0.5, 0.6) is 11.5 Å². The van der Waals surface area contributed by atoms with Crippen molar-refractivity contribution in [3.63, 3.8) is 0 Å². The molecule has 0 aliphatic heterocycles. The Bertz CT molecular complexity index is 878. The van der Waals surface area contributed by atoms with Gasteiger partial charge in [-0.25, -0.2) is 0 Å². The first-order valence-corrected chi connectivity index (χ1v) is 8.09. The van der Waals surface area contributed by atoms with Crippen molar-refractivity contribution in [2.24, 2.45) is 4.40 Å². The molecule has 2 aromatic rings. The normalized spacial score (nSPS) is 11.4. The first-order chi connectivity index (χ1) is 11.4. The maximum atomic E-state index is 12.1. The van der Waals surface area contributed by atoms with Gasteiger partial charge in [-0.1, -0.05) is 18.2 Å². The van der Waals surface area contributed by atoms with E-state index in [0.717, 1.165) is 12.3 Å². The van der Waals surface area contributed by atoms with Gasteiger partial charge in [0.05, 0.1) is 24.0 Å². The topological polar surface area (TPSA) is 108 Å². The Balaban J connectivity index is 2.46. The van der Waals surface area contributed by atoms with E-state index in [-0.39, 0.29) is 27.6 Å². The van der Waals surface area contributed by atoms with Gasteiger partial charge in [0.2, 0.25) is 5.75 Å². The number of hydrogen-bond donors (Lipinski definition) is 0. The van der Waals surface area contributed by atoms with Gasteiger partial charge in [-0.3, -0.25) is 10.1 Å². The number of rotatable bonds is 6. The number of nitro groups is 1. The van der Waals surface area contributed by atoms with Gasteiger partial charge in [0.25, 0.3) is 10.0 Å². The molecule has 24 heavy (non-hydrogen) atoms. The summed E-state index contributed by atoms with van der Waals surface area (Å²) in [4.78, 5) is 10.5. The number of benzene rings is 2. The van der Waals surface area contributed by atoms with Crippen molar-refractivity contribution in [3.8, 4) is 11.5 Å². The predicted octanol–water partition coefficient (Wildman–Crippen LogP) is 2.42. The minimum absolute atomic E-state index is 0.0243. The van der Waals surface area contributed by atoms with Crippen LogP contribution in [-0.4, -0.2) is 33.8 Å². The summed E-state index contributed by atoms with van der Waals surface area (Å²) >= 11 is 0. The first kappa shape index (κ1) is 17.4. The van der Waals surface area contributed by atoms with Gasteiger partial charge >= 0.3 is 5.69 Å². The van der Waals surface area contributed by atoms with Crippen LogP contribution in [0.2, 0.25) is 0 Å². The summed E-state index contributed by atoms with van der Waals surface area (Å²) in [6.45, 7) is 0. The van der Waals surface area contributed by atoms with Gasteiger partial charge in [-0.15, -0.1) is 0 Å². The Kier molecular flexibility index (Phi) is 5.14. The number of nitrogens with zero attached hydrogens (tertiary/aromatic N) is 2. The maximum Gasteiger partial charge on any atom is 0.315 e. The van der Waals surface area contributed by atoms with E-state index in [2.05, 4.69) is 4.40 Å². The highest BCUT2D eigenvalue weighted by atomic mass is 32.2. The average Bonchev–Trinajstić information content (AvgIpc) is 2.59. The second kappa shape index (κ2) is 7.09. The third kappa shape index (κ3) is 3.69. The van der Waals surface area contributed by atoms with Crippen molar-refractivity contribution in [1.29, 1.82) is 0 Å². The smallest absolute Gasteiger partial charge is 0.315 e. The largest absolute Gasteiger partial charge is 0.493 e. The minimum atomic E-state index is -3.90. The van der Waals surface area contributed by atoms with Gasteiger partial charge in [-0.05, 0) is 18.2 Å². The standard InChI is InChI=1S/C15H14N2O6S/c1-22-14-9-11(8-13(17(18)19)15(14)23-2)10-16-24(20,21)12-6-4-3-5-7-12/h3-10H,1-2H3/b16-10-. The van der Waals surface area contributed by atoms with Crippen LogP contribution in [0, 0.1) is 10.1 Å². The van der Waals surface area contributed by atoms with E-state index in [1.165, 1.54) is 32.4 Å². The summed E-state index contributed by atoms with van der Waals surface area (Å²) in [5, 5.41) is 11.1. The third-order valence-corrected chi connectivity index (χ3v) is 4.31. The van der Waals surface area contributed by atoms with Crippen LogP contribution in [0.25, 0.3) is 0 Å². The number of methoxy groups -OCH3 is 2. The lowest BCUT2D eigenvalue weighted by Crippen LogP contribution is -2.00. The molecule has 0 heterocycles. The van der Waals surface area contributed by atoms with E-state index < -0.39 is 14.9 Å². The van der Waals surface area contributed by atoms with E-state index in [1.807, 2.05) is 0 Å². The van der Waals surface area contributed by atoms with E-state index >= 15 is 0 Å². The van der Waals surface area contributed by atoms with Crippen molar-refractivity contribution in [3.05, 3.63) is 58.1 Å². The lowest BCUT2D eigenvalue weighted by Gasteiger charge is -2.08. The van der Waals surface area contributed by atoms with Crippen LogP contribution >= 0.6 is 0 Å². The average molecular weight is 350 g/mol. The molecule has 0 aliphatic rings. The van der Waals surface area contributed by atoms with Crippen molar-refractivity contribution < 1.29 is 22.8 Å². The lowest BCUT2D eigenvalue weighted by atomic mass is 10.2. The van der Waals surface area contributed by atoms with E-state index in [4.69, 9.17) is 9.47 Å². The molecule has 0 saturated carbocycles. The molecule has 2 aromatic carbocycles. The SMILES string of the molecule is COc1cc(/C=N\S(=O)(=O)c2ccccc2)cc([N+](=O)[O-])c1OC. The molecular weight excluding hydrogens is 336 g/mol. The minimum Gasteiger partial charge on any atom is -0.493 e. The highest BCUT2D eigenvalue weighted by Crippen LogP contribution is 2.37. The predicted molar refractivity (Wildman–Crippen MR) is 87.4 cm³/mol. The zero-order valence-corrected chi connectivity index (χ0v) is 13.7. The summed E-state index contributed by atoms with van der Waals surface area (Å²) in [7, 11) is -1.30. The van der Waals surface area contributed by atoms with Crippen molar-refractivity contribution >= 4 is 21.9 Å². The number of hydrogen-bond acceptors (Lipinski definition) is 6. The maximum absolute atomic E-state index is 12.1. The second-order valence-electron chi connectivity index (χ2n) is 4.56. The Hall–Kier alpha value is -2.94. The fourth-order valence-electron chi connectivity index (χ4n) is 1.96. The molecule has 0 bridgehead atoms. The van der Waals surface area contributed by atoms with Gasteiger partial charge in [0.1, 0.15) is 0 Å². The molecule has 0 spiro atoms. The monoisotopic (exact) mass is 350 g/mol. The van der Waals surface area contributed by atoms with Crippen LogP contribution in [0.3, 0.4) is 0 Å². The quantitative estimate of drug-likeness (QED) is 0.450. The molecule has 0 saturated heterocycles.